The second kappa shape index (κ2) is 8.43. The summed E-state index contributed by atoms with van der Waals surface area (Å²) in [6.07, 6.45) is 13.0. The third-order valence-corrected chi connectivity index (χ3v) is 5.45. The number of aromatic amines is 1. The Bertz CT molecular complexity index is 1300. The van der Waals surface area contributed by atoms with E-state index in [1.54, 1.807) is 24.8 Å². The van der Waals surface area contributed by atoms with Crippen LogP contribution in [0.25, 0.3) is 17.2 Å². The summed E-state index contributed by atoms with van der Waals surface area (Å²) in [5.41, 5.74) is 9.31. The van der Waals surface area contributed by atoms with Crippen molar-refractivity contribution in [2.24, 2.45) is 5.10 Å². The van der Waals surface area contributed by atoms with Crippen LogP contribution in [0.15, 0.2) is 78.3 Å². The molecule has 1 aliphatic heterocycles. The fraction of sp³-hybridized carbons (Fsp3) is 0.125. The molecule has 3 aromatic heterocycles. The van der Waals surface area contributed by atoms with Gasteiger partial charge in [0.05, 0.1) is 18.1 Å². The second-order valence-corrected chi connectivity index (χ2v) is 7.48. The zero-order valence-electron chi connectivity index (χ0n) is 17.5. The average molecular weight is 423 g/mol. The SMILES string of the molecule is Cc1[nH]c(C=C2C(=O)NN=C2c2cnccn2)c(-c2ccccc2)c1CCn1ccnc1. The first-order valence-corrected chi connectivity index (χ1v) is 10.3. The highest BCUT2D eigenvalue weighted by Crippen LogP contribution is 2.33. The van der Waals surface area contributed by atoms with Gasteiger partial charge in [0.2, 0.25) is 0 Å². The third-order valence-electron chi connectivity index (χ3n) is 5.45. The number of nitrogens with zero attached hydrogens (tertiary/aromatic N) is 5. The van der Waals surface area contributed by atoms with Gasteiger partial charge in [-0.3, -0.25) is 14.8 Å². The van der Waals surface area contributed by atoms with Crippen LogP contribution in [0.5, 0.6) is 0 Å². The molecule has 4 heterocycles. The Labute approximate surface area is 184 Å². The van der Waals surface area contributed by atoms with Gasteiger partial charge in [0.25, 0.3) is 5.91 Å². The second-order valence-electron chi connectivity index (χ2n) is 7.48. The molecule has 5 rings (SSSR count). The lowest BCUT2D eigenvalue weighted by molar-refractivity contribution is -0.116. The number of carbonyl (C=O) groups excluding carboxylic acids is 1. The highest BCUT2D eigenvalue weighted by molar-refractivity contribution is 6.32. The van der Waals surface area contributed by atoms with Crippen molar-refractivity contribution in [2.45, 2.75) is 19.9 Å². The molecule has 0 radical (unpaired) electrons. The lowest BCUT2D eigenvalue weighted by atomic mass is 9.96. The van der Waals surface area contributed by atoms with E-state index in [-0.39, 0.29) is 5.91 Å². The van der Waals surface area contributed by atoms with Gasteiger partial charge in [-0.1, -0.05) is 30.3 Å². The number of amides is 1. The fourth-order valence-electron chi connectivity index (χ4n) is 3.93. The predicted molar refractivity (Wildman–Crippen MR) is 122 cm³/mol. The average Bonchev–Trinajstić information content (AvgIpc) is 3.54. The molecule has 1 aliphatic rings. The van der Waals surface area contributed by atoms with Crippen molar-refractivity contribution >= 4 is 17.7 Å². The molecule has 158 valence electrons. The number of aromatic nitrogens is 5. The number of aryl methyl sites for hydroxylation is 2. The minimum absolute atomic E-state index is 0.267. The van der Waals surface area contributed by atoms with Crippen LogP contribution < -0.4 is 5.43 Å². The molecule has 0 spiro atoms. The molecule has 4 aromatic rings. The standard InChI is InChI=1S/C24H21N7O/c1-16-18(7-11-31-12-10-26-15-31)22(17-5-3-2-4-6-17)20(28-16)13-19-23(29-30-24(19)32)21-14-25-8-9-27-21/h2-6,8-10,12-15,28H,7,11H2,1H3,(H,30,32). The molecule has 0 saturated heterocycles. The predicted octanol–water partition coefficient (Wildman–Crippen LogP) is 3.14. The first kappa shape index (κ1) is 19.6. The Balaban J connectivity index is 1.60. The van der Waals surface area contributed by atoms with E-state index < -0.39 is 0 Å². The molecule has 0 atom stereocenters. The van der Waals surface area contributed by atoms with E-state index in [2.05, 4.69) is 54.1 Å². The first-order valence-electron chi connectivity index (χ1n) is 10.3. The van der Waals surface area contributed by atoms with Gasteiger partial charge >= 0.3 is 0 Å². The largest absolute Gasteiger partial charge is 0.358 e. The van der Waals surface area contributed by atoms with Crippen molar-refractivity contribution < 1.29 is 4.79 Å². The van der Waals surface area contributed by atoms with Gasteiger partial charge in [-0.25, -0.2) is 10.4 Å². The van der Waals surface area contributed by atoms with Crippen molar-refractivity contribution in [1.29, 1.82) is 0 Å². The molecule has 0 saturated carbocycles. The number of rotatable bonds is 6. The number of H-pyrrole nitrogens is 1. The van der Waals surface area contributed by atoms with E-state index in [0.717, 1.165) is 35.5 Å². The van der Waals surface area contributed by atoms with E-state index in [9.17, 15) is 4.79 Å². The van der Waals surface area contributed by atoms with Gasteiger partial charge in [-0.15, -0.1) is 0 Å². The number of benzene rings is 1. The van der Waals surface area contributed by atoms with Gasteiger partial charge in [0.15, 0.2) is 0 Å². The Hall–Kier alpha value is -4.33. The third kappa shape index (κ3) is 3.74. The first-order chi connectivity index (χ1) is 15.7. The molecule has 0 aliphatic carbocycles. The maximum atomic E-state index is 12.6. The van der Waals surface area contributed by atoms with Gasteiger partial charge in [0.1, 0.15) is 11.4 Å². The van der Waals surface area contributed by atoms with Gasteiger partial charge in [-0.2, -0.15) is 5.10 Å². The highest BCUT2D eigenvalue weighted by atomic mass is 16.2. The maximum Gasteiger partial charge on any atom is 0.273 e. The summed E-state index contributed by atoms with van der Waals surface area (Å²) in [5, 5.41) is 4.19. The van der Waals surface area contributed by atoms with E-state index in [1.807, 2.05) is 36.8 Å². The lowest BCUT2D eigenvalue weighted by Gasteiger charge is -2.09. The van der Waals surface area contributed by atoms with Gasteiger partial charge < -0.3 is 9.55 Å². The van der Waals surface area contributed by atoms with Crippen LogP contribution in [0.4, 0.5) is 0 Å². The van der Waals surface area contributed by atoms with Gasteiger partial charge in [0, 0.05) is 48.3 Å². The molecule has 1 amide bonds. The monoisotopic (exact) mass is 423 g/mol. The van der Waals surface area contributed by atoms with E-state index in [4.69, 9.17) is 0 Å². The molecule has 1 aromatic carbocycles. The number of hydrogen-bond donors (Lipinski definition) is 2. The number of nitrogens with one attached hydrogen (secondary N) is 2. The Kier molecular flexibility index (Phi) is 5.17. The summed E-state index contributed by atoms with van der Waals surface area (Å²) in [5.74, 6) is -0.267. The molecular formula is C24H21N7O. The Morgan fingerprint density at radius 1 is 1.09 bits per heavy atom. The smallest absolute Gasteiger partial charge is 0.273 e. The molecule has 32 heavy (non-hydrogen) atoms. The van der Waals surface area contributed by atoms with Crippen LogP contribution >= 0.6 is 0 Å². The number of carbonyl (C=O) groups is 1. The molecule has 2 N–H and O–H groups in total. The molecule has 8 nitrogen and oxygen atoms in total. The lowest BCUT2D eigenvalue weighted by Crippen LogP contribution is -2.14. The summed E-state index contributed by atoms with van der Waals surface area (Å²) < 4.78 is 2.06. The minimum Gasteiger partial charge on any atom is -0.358 e. The summed E-state index contributed by atoms with van der Waals surface area (Å²) in [4.78, 5) is 28.6. The molecule has 0 bridgehead atoms. The van der Waals surface area contributed by atoms with Crippen molar-refractivity contribution in [3.8, 4) is 11.1 Å². The summed E-state index contributed by atoms with van der Waals surface area (Å²) >= 11 is 0. The van der Waals surface area contributed by atoms with Crippen LogP contribution in [0, 0.1) is 6.92 Å². The van der Waals surface area contributed by atoms with Crippen molar-refractivity contribution in [2.75, 3.05) is 0 Å². The Morgan fingerprint density at radius 2 is 1.97 bits per heavy atom. The molecular weight excluding hydrogens is 402 g/mol. The van der Waals surface area contributed by atoms with Crippen molar-refractivity contribution in [3.63, 3.8) is 0 Å². The maximum absolute atomic E-state index is 12.6. The van der Waals surface area contributed by atoms with Crippen LogP contribution in [-0.2, 0) is 17.8 Å². The van der Waals surface area contributed by atoms with Gasteiger partial charge in [-0.05, 0) is 30.5 Å². The van der Waals surface area contributed by atoms with Crippen LogP contribution in [-0.4, -0.2) is 36.1 Å². The number of imidazole rings is 1. The van der Waals surface area contributed by atoms with Crippen LogP contribution in [0.2, 0.25) is 0 Å². The van der Waals surface area contributed by atoms with E-state index in [0.29, 0.717) is 17.0 Å². The quantitative estimate of drug-likeness (QED) is 0.465. The number of hydrogen-bond acceptors (Lipinski definition) is 5. The zero-order valence-corrected chi connectivity index (χ0v) is 17.5. The summed E-state index contributed by atoms with van der Waals surface area (Å²) in [6.45, 7) is 2.87. The molecule has 0 unspecified atom stereocenters. The topological polar surface area (TPSA) is 101 Å². The summed E-state index contributed by atoms with van der Waals surface area (Å²) in [6, 6.07) is 10.2. The van der Waals surface area contributed by atoms with E-state index in [1.165, 1.54) is 5.56 Å². The number of hydrazone groups is 1. The minimum atomic E-state index is -0.267. The van der Waals surface area contributed by atoms with E-state index >= 15 is 0 Å². The van der Waals surface area contributed by atoms with Crippen LogP contribution in [0.1, 0.15) is 22.6 Å². The Morgan fingerprint density at radius 3 is 2.72 bits per heavy atom. The summed E-state index contributed by atoms with van der Waals surface area (Å²) in [7, 11) is 0. The van der Waals surface area contributed by atoms with Crippen molar-refractivity contribution in [1.82, 2.24) is 29.9 Å². The molecule has 8 heteroatoms. The molecule has 0 fully saturated rings. The highest BCUT2D eigenvalue weighted by Gasteiger charge is 2.26. The van der Waals surface area contributed by atoms with Crippen LogP contribution in [0.3, 0.4) is 0 Å². The normalized spacial score (nSPS) is 14.6. The van der Waals surface area contributed by atoms with Crippen molar-refractivity contribution in [3.05, 3.63) is 95.9 Å². The fourth-order valence-corrected chi connectivity index (χ4v) is 3.93. The zero-order chi connectivity index (χ0) is 21.9.